The number of nitrogens with one attached hydrogen (secondary N) is 1. The standard InChI is InChI=1S/C16H21NO4S/c1-10-3-6-13(9-14(10)16(18)21-2)22(19,20)17-15-8-11-4-5-12(15)7-11/h3,6,9,11-12,15,17H,4-5,7-8H2,1-2H3/t11-,12-,15+/m0/s1. The summed E-state index contributed by atoms with van der Waals surface area (Å²) in [6.07, 6.45) is 4.40. The van der Waals surface area contributed by atoms with Gasteiger partial charge in [0, 0.05) is 6.04 Å². The van der Waals surface area contributed by atoms with E-state index in [9.17, 15) is 13.2 Å². The molecule has 3 atom stereocenters. The highest BCUT2D eigenvalue weighted by molar-refractivity contribution is 7.89. The van der Waals surface area contributed by atoms with Crippen LogP contribution in [0.3, 0.4) is 0 Å². The molecule has 22 heavy (non-hydrogen) atoms. The molecular weight excluding hydrogens is 302 g/mol. The summed E-state index contributed by atoms with van der Waals surface area (Å²) < 4.78 is 32.7. The van der Waals surface area contributed by atoms with Crippen molar-refractivity contribution in [2.75, 3.05) is 7.11 Å². The van der Waals surface area contributed by atoms with E-state index < -0.39 is 16.0 Å². The van der Waals surface area contributed by atoms with E-state index in [1.807, 2.05) is 0 Å². The zero-order valence-corrected chi connectivity index (χ0v) is 13.7. The SMILES string of the molecule is COC(=O)c1cc(S(=O)(=O)N[C@@H]2C[C@H]3CC[C@H]2C3)ccc1C. The number of fused-ring (bicyclic) bond motifs is 2. The predicted octanol–water partition coefficient (Wildman–Crippen LogP) is 2.25. The summed E-state index contributed by atoms with van der Waals surface area (Å²) in [4.78, 5) is 11.9. The molecule has 1 aromatic carbocycles. The van der Waals surface area contributed by atoms with E-state index in [1.54, 1.807) is 13.0 Å². The van der Waals surface area contributed by atoms with Gasteiger partial charge in [0.25, 0.3) is 0 Å². The minimum Gasteiger partial charge on any atom is -0.465 e. The molecule has 120 valence electrons. The normalized spacial score (nSPS) is 27.1. The van der Waals surface area contributed by atoms with Gasteiger partial charge in [-0.15, -0.1) is 0 Å². The topological polar surface area (TPSA) is 72.5 Å². The summed E-state index contributed by atoms with van der Waals surface area (Å²) >= 11 is 0. The molecule has 0 radical (unpaired) electrons. The van der Waals surface area contributed by atoms with Gasteiger partial charge in [-0.25, -0.2) is 17.9 Å². The van der Waals surface area contributed by atoms with Gasteiger partial charge in [0.2, 0.25) is 10.0 Å². The molecule has 2 aliphatic rings. The van der Waals surface area contributed by atoms with E-state index in [1.165, 1.54) is 25.7 Å². The van der Waals surface area contributed by atoms with Crippen molar-refractivity contribution in [3.63, 3.8) is 0 Å². The van der Waals surface area contributed by atoms with Gasteiger partial charge < -0.3 is 4.74 Å². The first-order valence-corrected chi connectivity index (χ1v) is 9.10. The van der Waals surface area contributed by atoms with E-state index in [4.69, 9.17) is 4.74 Å². The molecule has 0 amide bonds. The van der Waals surface area contributed by atoms with Crippen LogP contribution >= 0.6 is 0 Å². The van der Waals surface area contributed by atoms with Gasteiger partial charge in [0.05, 0.1) is 17.6 Å². The first-order chi connectivity index (χ1) is 10.4. The summed E-state index contributed by atoms with van der Waals surface area (Å²) in [5, 5.41) is 0. The Bertz CT molecular complexity index is 698. The minimum atomic E-state index is -3.60. The number of benzene rings is 1. The second-order valence-electron chi connectivity index (χ2n) is 6.37. The van der Waals surface area contributed by atoms with Crippen molar-refractivity contribution >= 4 is 16.0 Å². The van der Waals surface area contributed by atoms with Crippen molar-refractivity contribution in [1.82, 2.24) is 4.72 Å². The molecule has 0 aliphatic heterocycles. The van der Waals surface area contributed by atoms with Crippen LogP contribution in [0.1, 0.15) is 41.6 Å². The van der Waals surface area contributed by atoms with Crippen LogP contribution in [0.15, 0.2) is 23.1 Å². The number of carbonyl (C=O) groups excluding carboxylic acids is 1. The molecule has 0 heterocycles. The van der Waals surface area contributed by atoms with Crippen LogP contribution in [-0.2, 0) is 14.8 Å². The Balaban J connectivity index is 1.84. The second-order valence-corrected chi connectivity index (χ2v) is 8.08. The average molecular weight is 323 g/mol. The number of sulfonamides is 1. The maximum absolute atomic E-state index is 12.6. The van der Waals surface area contributed by atoms with Gasteiger partial charge >= 0.3 is 5.97 Å². The Morgan fingerprint density at radius 3 is 2.64 bits per heavy atom. The number of carbonyl (C=O) groups is 1. The number of methoxy groups -OCH3 is 1. The van der Waals surface area contributed by atoms with E-state index >= 15 is 0 Å². The van der Waals surface area contributed by atoms with Crippen LogP contribution in [0.25, 0.3) is 0 Å². The monoisotopic (exact) mass is 323 g/mol. The Morgan fingerprint density at radius 2 is 2.05 bits per heavy atom. The summed E-state index contributed by atoms with van der Waals surface area (Å²) in [5.41, 5.74) is 0.990. The van der Waals surface area contributed by atoms with Gasteiger partial charge in [-0.3, -0.25) is 0 Å². The number of hydrogen-bond acceptors (Lipinski definition) is 4. The molecule has 1 aromatic rings. The van der Waals surface area contributed by atoms with Gasteiger partial charge in [0.15, 0.2) is 0 Å². The summed E-state index contributed by atoms with van der Waals surface area (Å²) in [5.74, 6) is 0.612. The molecule has 2 saturated carbocycles. The number of hydrogen-bond donors (Lipinski definition) is 1. The third kappa shape index (κ3) is 2.77. The largest absolute Gasteiger partial charge is 0.465 e. The molecule has 3 rings (SSSR count). The van der Waals surface area contributed by atoms with Crippen molar-refractivity contribution in [2.45, 2.75) is 43.5 Å². The number of ether oxygens (including phenoxy) is 1. The third-order valence-electron chi connectivity index (χ3n) is 4.97. The maximum Gasteiger partial charge on any atom is 0.338 e. The first kappa shape index (κ1) is 15.5. The molecule has 0 saturated heterocycles. The van der Waals surface area contributed by atoms with Gasteiger partial charge in [0.1, 0.15) is 0 Å². The lowest BCUT2D eigenvalue weighted by Gasteiger charge is -2.22. The summed E-state index contributed by atoms with van der Waals surface area (Å²) in [7, 11) is -2.32. The fourth-order valence-corrected chi connectivity index (χ4v) is 5.10. The number of rotatable bonds is 4. The molecule has 0 unspecified atom stereocenters. The summed E-state index contributed by atoms with van der Waals surface area (Å²) in [6.45, 7) is 1.76. The van der Waals surface area contributed by atoms with Crippen molar-refractivity contribution in [3.8, 4) is 0 Å². The van der Waals surface area contributed by atoms with Crippen molar-refractivity contribution < 1.29 is 17.9 Å². The quantitative estimate of drug-likeness (QED) is 0.863. The van der Waals surface area contributed by atoms with Crippen LogP contribution in [0.5, 0.6) is 0 Å². The first-order valence-electron chi connectivity index (χ1n) is 7.62. The third-order valence-corrected chi connectivity index (χ3v) is 6.46. The second kappa shape index (κ2) is 5.66. The van der Waals surface area contributed by atoms with Crippen molar-refractivity contribution in [1.29, 1.82) is 0 Å². The maximum atomic E-state index is 12.6. The lowest BCUT2D eigenvalue weighted by atomic mass is 9.96. The highest BCUT2D eigenvalue weighted by atomic mass is 32.2. The Hall–Kier alpha value is -1.40. The lowest BCUT2D eigenvalue weighted by molar-refractivity contribution is 0.0599. The highest BCUT2D eigenvalue weighted by Crippen LogP contribution is 2.44. The minimum absolute atomic E-state index is 0.0339. The zero-order chi connectivity index (χ0) is 15.9. The van der Waals surface area contributed by atoms with Gasteiger partial charge in [-0.2, -0.15) is 0 Å². The molecular formula is C16H21NO4S. The Labute approximate surface area is 131 Å². The smallest absolute Gasteiger partial charge is 0.338 e. The van der Waals surface area contributed by atoms with Crippen molar-refractivity contribution in [2.24, 2.45) is 11.8 Å². The molecule has 5 nitrogen and oxygen atoms in total. The number of esters is 1. The lowest BCUT2D eigenvalue weighted by Crippen LogP contribution is -2.38. The fraction of sp³-hybridized carbons (Fsp3) is 0.562. The van der Waals surface area contributed by atoms with Crippen molar-refractivity contribution in [3.05, 3.63) is 29.3 Å². The molecule has 2 fully saturated rings. The van der Waals surface area contributed by atoms with E-state index in [0.29, 0.717) is 23.0 Å². The van der Waals surface area contributed by atoms with Crippen LogP contribution in [0.4, 0.5) is 0 Å². The molecule has 0 spiro atoms. The predicted molar refractivity (Wildman–Crippen MR) is 82.1 cm³/mol. The molecule has 6 heteroatoms. The van der Waals surface area contributed by atoms with Crippen LogP contribution < -0.4 is 4.72 Å². The summed E-state index contributed by atoms with van der Waals surface area (Å²) in [6, 6.07) is 4.61. The zero-order valence-electron chi connectivity index (χ0n) is 12.8. The average Bonchev–Trinajstić information content (AvgIpc) is 3.08. The van der Waals surface area contributed by atoms with Gasteiger partial charge in [-0.05, 0) is 55.7 Å². The highest BCUT2D eigenvalue weighted by Gasteiger charge is 2.41. The fourth-order valence-electron chi connectivity index (χ4n) is 3.75. The van der Waals surface area contributed by atoms with E-state index in [2.05, 4.69) is 4.72 Å². The van der Waals surface area contributed by atoms with E-state index in [-0.39, 0.29) is 10.9 Å². The van der Waals surface area contributed by atoms with Gasteiger partial charge in [-0.1, -0.05) is 12.5 Å². The van der Waals surface area contributed by atoms with Crippen LogP contribution in [-0.4, -0.2) is 27.5 Å². The van der Waals surface area contributed by atoms with E-state index in [0.717, 1.165) is 19.3 Å². The molecule has 1 N–H and O–H groups in total. The van der Waals surface area contributed by atoms with Crippen LogP contribution in [0.2, 0.25) is 0 Å². The molecule has 2 aliphatic carbocycles. The number of aryl methyl sites for hydroxylation is 1. The Kier molecular flexibility index (Phi) is 3.99. The molecule has 2 bridgehead atoms. The van der Waals surface area contributed by atoms with Crippen LogP contribution in [0, 0.1) is 18.8 Å². The Morgan fingerprint density at radius 1 is 1.27 bits per heavy atom. The molecule has 0 aromatic heterocycles.